The molecule has 0 aliphatic carbocycles. The van der Waals surface area contributed by atoms with Crippen LogP contribution in [-0.2, 0) is 4.79 Å². The summed E-state index contributed by atoms with van der Waals surface area (Å²) in [6.45, 7) is 6.44. The Morgan fingerprint density at radius 1 is 1.21 bits per heavy atom. The van der Waals surface area contributed by atoms with E-state index in [1.807, 2.05) is 13.0 Å². The summed E-state index contributed by atoms with van der Waals surface area (Å²) in [5, 5.41) is 11.8. The number of hydrogen-bond donors (Lipinski definition) is 2. The summed E-state index contributed by atoms with van der Waals surface area (Å²) in [5.41, 5.74) is 0.693. The molecule has 0 saturated heterocycles. The highest BCUT2D eigenvalue weighted by molar-refractivity contribution is 7.99. The number of methoxy groups -OCH3 is 2. The lowest BCUT2D eigenvalue weighted by atomic mass is 10.0. The molecule has 9 heteroatoms. The number of thioether (sulfide) groups is 1. The maximum atomic E-state index is 12.2. The van der Waals surface area contributed by atoms with E-state index in [9.17, 15) is 4.79 Å². The molecule has 1 amide bonds. The first kappa shape index (κ1) is 22.9. The highest BCUT2D eigenvalue weighted by atomic mass is 32.2. The fourth-order valence-corrected chi connectivity index (χ4v) is 3.56. The van der Waals surface area contributed by atoms with Gasteiger partial charge < -0.3 is 20.6 Å². The molecule has 1 atom stereocenters. The number of nitrogens with two attached hydrogens (primary N) is 1. The zero-order chi connectivity index (χ0) is 21.4. The highest BCUT2D eigenvalue weighted by Crippen LogP contribution is 2.32. The van der Waals surface area contributed by atoms with E-state index in [1.165, 1.54) is 22.9 Å². The van der Waals surface area contributed by atoms with Gasteiger partial charge in [0.1, 0.15) is 11.5 Å². The van der Waals surface area contributed by atoms with Crippen molar-refractivity contribution < 1.29 is 14.3 Å². The van der Waals surface area contributed by atoms with Crippen LogP contribution in [0.25, 0.3) is 11.4 Å². The van der Waals surface area contributed by atoms with Crippen LogP contribution in [0.2, 0.25) is 0 Å². The van der Waals surface area contributed by atoms with Gasteiger partial charge in [-0.05, 0) is 31.4 Å². The molecule has 0 bridgehead atoms. The fourth-order valence-electron chi connectivity index (χ4n) is 2.89. The van der Waals surface area contributed by atoms with E-state index in [-0.39, 0.29) is 17.7 Å². The molecule has 0 saturated carbocycles. The van der Waals surface area contributed by atoms with E-state index in [1.54, 1.807) is 26.4 Å². The molecule has 8 nitrogen and oxygen atoms in total. The number of amides is 1. The van der Waals surface area contributed by atoms with Crippen molar-refractivity contribution in [2.45, 2.75) is 51.2 Å². The Morgan fingerprint density at radius 3 is 2.62 bits per heavy atom. The van der Waals surface area contributed by atoms with Crippen LogP contribution in [0.4, 0.5) is 0 Å². The maximum absolute atomic E-state index is 12.2. The van der Waals surface area contributed by atoms with E-state index in [0.717, 1.165) is 12.8 Å². The molecular formula is C20H31N5O3S. The van der Waals surface area contributed by atoms with Gasteiger partial charge in [0.2, 0.25) is 11.1 Å². The third-order valence-electron chi connectivity index (χ3n) is 4.47. The molecule has 1 aromatic carbocycles. The molecule has 0 radical (unpaired) electrons. The van der Waals surface area contributed by atoms with Gasteiger partial charge in [-0.1, -0.05) is 38.5 Å². The number of ether oxygens (including phenoxy) is 2. The monoisotopic (exact) mass is 421 g/mol. The van der Waals surface area contributed by atoms with Gasteiger partial charge in [0, 0.05) is 12.1 Å². The molecule has 29 heavy (non-hydrogen) atoms. The summed E-state index contributed by atoms with van der Waals surface area (Å²) >= 11 is 1.25. The van der Waals surface area contributed by atoms with Crippen molar-refractivity contribution in [1.82, 2.24) is 20.2 Å². The molecule has 3 N–H and O–H groups in total. The summed E-state index contributed by atoms with van der Waals surface area (Å²) < 4.78 is 12.0. The van der Waals surface area contributed by atoms with E-state index in [2.05, 4.69) is 29.4 Å². The summed E-state index contributed by atoms with van der Waals surface area (Å²) in [4.78, 5) is 12.2. The van der Waals surface area contributed by atoms with Crippen LogP contribution >= 0.6 is 11.8 Å². The van der Waals surface area contributed by atoms with Crippen LogP contribution in [0.1, 0.15) is 40.0 Å². The van der Waals surface area contributed by atoms with Gasteiger partial charge >= 0.3 is 0 Å². The zero-order valence-electron chi connectivity index (χ0n) is 17.8. The van der Waals surface area contributed by atoms with Gasteiger partial charge in [-0.15, -0.1) is 10.2 Å². The van der Waals surface area contributed by atoms with Crippen molar-refractivity contribution >= 4 is 17.7 Å². The quantitative estimate of drug-likeness (QED) is 0.424. The minimum Gasteiger partial charge on any atom is -0.497 e. The number of nitrogens with one attached hydrogen (secondary N) is 1. The zero-order valence-corrected chi connectivity index (χ0v) is 18.6. The van der Waals surface area contributed by atoms with Crippen LogP contribution in [0.3, 0.4) is 0 Å². The normalized spacial score (nSPS) is 12.1. The van der Waals surface area contributed by atoms with Gasteiger partial charge in [-0.3, -0.25) is 4.79 Å². The summed E-state index contributed by atoms with van der Waals surface area (Å²) in [7, 11) is 3.16. The highest BCUT2D eigenvalue weighted by Gasteiger charge is 2.18. The van der Waals surface area contributed by atoms with Crippen LogP contribution in [0.5, 0.6) is 11.5 Å². The number of nitrogen functional groups attached to an aromatic ring is 1. The van der Waals surface area contributed by atoms with Crippen molar-refractivity contribution in [2.75, 3.05) is 25.8 Å². The molecule has 0 fully saturated rings. The second-order valence-electron chi connectivity index (χ2n) is 7.32. The van der Waals surface area contributed by atoms with Crippen molar-refractivity contribution in [3.8, 4) is 22.9 Å². The predicted molar refractivity (Wildman–Crippen MR) is 116 cm³/mol. The molecule has 0 aliphatic heterocycles. The largest absolute Gasteiger partial charge is 0.497 e. The molecular weight excluding hydrogens is 390 g/mol. The summed E-state index contributed by atoms with van der Waals surface area (Å²) in [6.07, 6.45) is 3.25. The third kappa shape index (κ3) is 6.56. The molecule has 1 unspecified atom stereocenters. The first-order chi connectivity index (χ1) is 13.8. The SMILES string of the molecule is COc1ccc(-c2nnc(SCC(=O)NC(C)CCCC(C)C)n2N)c(OC)c1. The maximum Gasteiger partial charge on any atom is 0.230 e. The van der Waals surface area contributed by atoms with Gasteiger partial charge in [-0.25, -0.2) is 4.68 Å². The molecule has 2 aromatic rings. The molecule has 1 heterocycles. The average molecular weight is 422 g/mol. The Kier molecular flexibility index (Phi) is 8.63. The Labute approximate surface area is 176 Å². The summed E-state index contributed by atoms with van der Waals surface area (Å²) in [6, 6.07) is 5.51. The molecule has 0 aliphatic rings. The average Bonchev–Trinajstić information content (AvgIpc) is 3.05. The van der Waals surface area contributed by atoms with E-state index in [4.69, 9.17) is 15.3 Å². The molecule has 160 valence electrons. The van der Waals surface area contributed by atoms with Crippen molar-refractivity contribution in [3.63, 3.8) is 0 Å². The summed E-state index contributed by atoms with van der Waals surface area (Å²) in [5.74, 6) is 8.73. The lowest BCUT2D eigenvalue weighted by molar-refractivity contribution is -0.119. The second-order valence-corrected chi connectivity index (χ2v) is 8.27. The van der Waals surface area contributed by atoms with Gasteiger partial charge in [0.25, 0.3) is 0 Å². The lowest BCUT2D eigenvalue weighted by Gasteiger charge is -2.14. The topological polar surface area (TPSA) is 104 Å². The number of hydrogen-bond acceptors (Lipinski definition) is 7. The van der Waals surface area contributed by atoms with Gasteiger partial charge in [0.05, 0.1) is 25.5 Å². The number of rotatable bonds is 11. The van der Waals surface area contributed by atoms with Gasteiger partial charge in [-0.2, -0.15) is 0 Å². The number of aromatic nitrogens is 3. The third-order valence-corrected chi connectivity index (χ3v) is 5.42. The standard InChI is InChI=1S/C20H31N5O3S/c1-13(2)7-6-8-14(3)22-18(26)12-29-20-24-23-19(25(20)21)16-10-9-15(27-4)11-17(16)28-5/h9-11,13-14H,6-8,12,21H2,1-5H3,(H,22,26). The van der Waals surface area contributed by atoms with E-state index >= 15 is 0 Å². The second kappa shape index (κ2) is 10.9. The minimum absolute atomic E-state index is 0.0429. The number of carbonyl (C=O) groups excluding carboxylic acids is 1. The molecule has 0 spiro atoms. The van der Waals surface area contributed by atoms with Crippen LogP contribution in [0, 0.1) is 5.92 Å². The van der Waals surface area contributed by atoms with Gasteiger partial charge in [0.15, 0.2) is 5.82 Å². The van der Waals surface area contributed by atoms with Crippen LogP contribution in [-0.4, -0.2) is 46.8 Å². The smallest absolute Gasteiger partial charge is 0.230 e. The Balaban J connectivity index is 1.95. The van der Waals surface area contributed by atoms with Crippen molar-refractivity contribution in [3.05, 3.63) is 18.2 Å². The first-order valence-corrected chi connectivity index (χ1v) is 10.7. The number of benzene rings is 1. The Hall–Kier alpha value is -2.42. The predicted octanol–water partition coefficient (Wildman–Crippen LogP) is 3.10. The molecule has 1 aromatic heterocycles. The Bertz CT molecular complexity index is 809. The van der Waals surface area contributed by atoms with E-state index < -0.39 is 0 Å². The minimum atomic E-state index is -0.0429. The van der Waals surface area contributed by atoms with Crippen molar-refractivity contribution in [2.24, 2.45) is 5.92 Å². The van der Waals surface area contributed by atoms with Crippen LogP contribution in [0.15, 0.2) is 23.4 Å². The number of nitrogens with zero attached hydrogens (tertiary/aromatic N) is 3. The van der Waals surface area contributed by atoms with E-state index in [0.29, 0.717) is 34.0 Å². The fraction of sp³-hybridized carbons (Fsp3) is 0.550. The number of carbonyl (C=O) groups is 1. The van der Waals surface area contributed by atoms with Crippen LogP contribution < -0.4 is 20.6 Å². The lowest BCUT2D eigenvalue weighted by Crippen LogP contribution is -2.34. The van der Waals surface area contributed by atoms with Crippen molar-refractivity contribution in [1.29, 1.82) is 0 Å². The molecule has 2 rings (SSSR count). The Morgan fingerprint density at radius 2 is 1.97 bits per heavy atom. The first-order valence-electron chi connectivity index (χ1n) is 9.70.